The second-order valence-corrected chi connectivity index (χ2v) is 12.4. The molecule has 0 heterocycles. The quantitative estimate of drug-likeness (QED) is 0.353. The smallest absolute Gasteiger partial charge is 0.250 e. The number of hydrogen-bond acceptors (Lipinski definition) is 1. The van der Waals surface area contributed by atoms with Gasteiger partial charge >= 0.3 is 0 Å². The first-order valence-electron chi connectivity index (χ1n) is 8.22. The number of hydrogen-bond donors (Lipinski definition) is 0. The Morgan fingerprint density at radius 2 is 1.48 bits per heavy atom. The monoisotopic (exact) mass is 324 g/mol. The molecule has 2 aromatic rings. The highest BCUT2D eigenvalue weighted by Gasteiger charge is 2.39. The van der Waals surface area contributed by atoms with E-state index in [1.165, 1.54) is 11.1 Å². The second-order valence-electron chi connectivity index (χ2n) is 7.65. The van der Waals surface area contributed by atoms with Gasteiger partial charge in [-0.25, -0.2) is 0 Å². The molecule has 0 fully saturated rings. The van der Waals surface area contributed by atoms with Gasteiger partial charge in [-0.05, 0) is 36.7 Å². The zero-order valence-corrected chi connectivity index (χ0v) is 16.2. The predicted molar refractivity (Wildman–Crippen MR) is 104 cm³/mol. The minimum Gasteiger partial charge on any atom is -0.543 e. The minimum atomic E-state index is -1.88. The number of rotatable bonds is 4. The van der Waals surface area contributed by atoms with Gasteiger partial charge in [-0.1, -0.05) is 80.9 Å². The highest BCUT2D eigenvalue weighted by molar-refractivity contribution is 6.74. The van der Waals surface area contributed by atoms with Crippen LogP contribution in [-0.4, -0.2) is 8.32 Å². The molecule has 0 atom stereocenters. The van der Waals surface area contributed by atoms with Crippen molar-refractivity contribution in [1.29, 1.82) is 0 Å². The van der Waals surface area contributed by atoms with Crippen LogP contribution >= 0.6 is 0 Å². The third-order valence-electron chi connectivity index (χ3n) is 4.60. The Hall–Kier alpha value is -1.80. The van der Waals surface area contributed by atoms with Gasteiger partial charge in [0.25, 0.3) is 8.32 Å². The van der Waals surface area contributed by atoms with Gasteiger partial charge in [0.1, 0.15) is 5.76 Å². The molecule has 1 nitrogen and oxygen atoms in total. The average Bonchev–Trinajstić information content (AvgIpc) is 2.48. The predicted octanol–water partition coefficient (Wildman–Crippen LogP) is 6.51. The van der Waals surface area contributed by atoms with Crippen molar-refractivity contribution in [3.63, 3.8) is 0 Å². The molecule has 0 unspecified atom stereocenters. The molecule has 23 heavy (non-hydrogen) atoms. The van der Waals surface area contributed by atoms with Crippen LogP contribution in [0.3, 0.4) is 0 Å². The van der Waals surface area contributed by atoms with E-state index in [1.54, 1.807) is 0 Å². The second kappa shape index (κ2) is 6.75. The van der Waals surface area contributed by atoms with Gasteiger partial charge in [-0.3, -0.25) is 0 Å². The van der Waals surface area contributed by atoms with E-state index >= 15 is 0 Å². The SMILES string of the molecule is Cc1ccc(/C=C(\O[Si](C)(C)C(C)(C)C)c2ccccc2)cc1. The summed E-state index contributed by atoms with van der Waals surface area (Å²) in [7, 11) is -1.88. The first kappa shape index (κ1) is 17.5. The molecule has 0 bridgehead atoms. The van der Waals surface area contributed by atoms with Crippen molar-refractivity contribution in [1.82, 2.24) is 0 Å². The fraction of sp³-hybridized carbons (Fsp3) is 0.333. The average molecular weight is 325 g/mol. The summed E-state index contributed by atoms with van der Waals surface area (Å²) in [4.78, 5) is 0. The van der Waals surface area contributed by atoms with Crippen LogP contribution < -0.4 is 0 Å². The first-order chi connectivity index (χ1) is 10.7. The Labute approximate surface area is 142 Å². The van der Waals surface area contributed by atoms with Crippen molar-refractivity contribution < 1.29 is 4.43 Å². The number of aryl methyl sites for hydroxylation is 1. The van der Waals surface area contributed by atoms with Gasteiger partial charge in [0.05, 0.1) is 0 Å². The summed E-state index contributed by atoms with van der Waals surface area (Å²) in [6.07, 6.45) is 2.16. The summed E-state index contributed by atoms with van der Waals surface area (Å²) >= 11 is 0. The summed E-state index contributed by atoms with van der Waals surface area (Å²) in [5, 5.41) is 0.175. The summed E-state index contributed by atoms with van der Waals surface area (Å²) in [6, 6.07) is 19.0. The molecule has 122 valence electrons. The summed E-state index contributed by atoms with van der Waals surface area (Å²) < 4.78 is 6.62. The van der Waals surface area contributed by atoms with E-state index in [9.17, 15) is 0 Å². The summed E-state index contributed by atoms with van der Waals surface area (Å²) in [5.41, 5.74) is 3.58. The van der Waals surface area contributed by atoms with Crippen molar-refractivity contribution in [2.75, 3.05) is 0 Å². The van der Waals surface area contributed by atoms with E-state index in [0.717, 1.165) is 11.3 Å². The third-order valence-corrected chi connectivity index (χ3v) is 8.95. The van der Waals surface area contributed by atoms with Crippen LogP contribution in [0, 0.1) is 6.92 Å². The van der Waals surface area contributed by atoms with Gasteiger partial charge < -0.3 is 4.43 Å². The first-order valence-corrected chi connectivity index (χ1v) is 11.1. The molecule has 0 aliphatic heterocycles. The van der Waals surface area contributed by atoms with Gasteiger partial charge in [0.15, 0.2) is 0 Å². The fourth-order valence-electron chi connectivity index (χ4n) is 2.02. The maximum Gasteiger partial charge on any atom is 0.250 e. The standard InChI is InChI=1S/C21H28OSi/c1-17-12-14-18(15-13-17)16-20(19-10-8-7-9-11-19)22-23(5,6)21(2,3)4/h7-16H,1-6H3/b20-16-. The maximum absolute atomic E-state index is 6.62. The van der Waals surface area contributed by atoms with Crippen LogP contribution in [0.25, 0.3) is 11.8 Å². The lowest BCUT2D eigenvalue weighted by Gasteiger charge is -2.37. The van der Waals surface area contributed by atoms with Crippen molar-refractivity contribution in [2.45, 2.75) is 45.8 Å². The minimum absolute atomic E-state index is 0.175. The summed E-state index contributed by atoms with van der Waals surface area (Å²) in [6.45, 7) is 13.5. The maximum atomic E-state index is 6.62. The van der Waals surface area contributed by atoms with Crippen molar-refractivity contribution in [2.24, 2.45) is 0 Å². The Morgan fingerprint density at radius 1 is 0.913 bits per heavy atom. The molecule has 2 aromatic carbocycles. The number of benzene rings is 2. The molecule has 2 rings (SSSR count). The van der Waals surface area contributed by atoms with Crippen LogP contribution in [0.4, 0.5) is 0 Å². The molecule has 0 aliphatic carbocycles. The van der Waals surface area contributed by atoms with Crippen LogP contribution in [0.15, 0.2) is 54.6 Å². The molecule has 0 amide bonds. The Bertz CT molecular complexity index is 661. The van der Waals surface area contributed by atoms with Crippen molar-refractivity contribution in [3.05, 3.63) is 71.3 Å². The van der Waals surface area contributed by atoms with E-state index in [-0.39, 0.29) is 5.04 Å². The van der Waals surface area contributed by atoms with Gasteiger partial charge in [-0.2, -0.15) is 0 Å². The van der Waals surface area contributed by atoms with E-state index in [2.05, 4.69) is 95.4 Å². The van der Waals surface area contributed by atoms with Crippen LogP contribution in [0.5, 0.6) is 0 Å². The lowest BCUT2D eigenvalue weighted by molar-refractivity contribution is 0.460. The molecule has 0 radical (unpaired) electrons. The third kappa shape index (κ3) is 4.58. The lowest BCUT2D eigenvalue weighted by atomic mass is 10.1. The molecule has 0 spiro atoms. The van der Waals surface area contributed by atoms with E-state index in [1.807, 2.05) is 6.07 Å². The van der Waals surface area contributed by atoms with Gasteiger partial charge in [0.2, 0.25) is 0 Å². The molecule has 0 saturated carbocycles. The fourth-order valence-corrected chi connectivity index (χ4v) is 3.05. The van der Waals surface area contributed by atoms with Gasteiger partial charge in [0, 0.05) is 5.56 Å². The Balaban J connectivity index is 2.43. The molecular formula is C21H28OSi. The van der Waals surface area contributed by atoms with Crippen LogP contribution in [0.1, 0.15) is 37.5 Å². The largest absolute Gasteiger partial charge is 0.543 e. The molecule has 2 heteroatoms. The lowest BCUT2D eigenvalue weighted by Crippen LogP contribution is -2.40. The Kier molecular flexibility index (Phi) is 5.15. The van der Waals surface area contributed by atoms with E-state index in [0.29, 0.717) is 0 Å². The zero-order valence-electron chi connectivity index (χ0n) is 15.2. The van der Waals surface area contributed by atoms with Crippen molar-refractivity contribution in [3.8, 4) is 0 Å². The molecule has 0 saturated heterocycles. The van der Waals surface area contributed by atoms with Crippen molar-refractivity contribution >= 4 is 20.2 Å². The molecule has 0 aromatic heterocycles. The normalized spacial score (nSPS) is 13.0. The van der Waals surface area contributed by atoms with Crippen LogP contribution in [0.2, 0.25) is 18.1 Å². The van der Waals surface area contributed by atoms with Gasteiger partial charge in [-0.15, -0.1) is 0 Å². The molecule has 0 N–H and O–H groups in total. The van der Waals surface area contributed by atoms with E-state index < -0.39 is 8.32 Å². The Morgan fingerprint density at radius 3 is 2.00 bits per heavy atom. The molecular weight excluding hydrogens is 296 g/mol. The molecule has 0 aliphatic rings. The van der Waals surface area contributed by atoms with E-state index in [4.69, 9.17) is 4.43 Å². The topological polar surface area (TPSA) is 9.23 Å². The highest BCUT2D eigenvalue weighted by Crippen LogP contribution is 2.39. The van der Waals surface area contributed by atoms with Crippen LogP contribution in [-0.2, 0) is 4.43 Å². The summed E-state index contributed by atoms with van der Waals surface area (Å²) in [5.74, 6) is 0.973. The zero-order chi connectivity index (χ0) is 17.1. The highest BCUT2D eigenvalue weighted by atomic mass is 28.4.